The van der Waals surface area contributed by atoms with Crippen LogP contribution in [0.5, 0.6) is 0 Å². The molecule has 2 N–H and O–H groups in total. The fourth-order valence-electron chi connectivity index (χ4n) is 1.78. The zero-order chi connectivity index (χ0) is 15.9. The van der Waals surface area contributed by atoms with Crippen molar-refractivity contribution in [2.45, 2.75) is 45.8 Å². The van der Waals surface area contributed by atoms with Crippen molar-refractivity contribution in [2.24, 2.45) is 0 Å². The molecular weight excluding hydrogens is 288 g/mol. The Morgan fingerprint density at radius 2 is 1.86 bits per heavy atom. The van der Waals surface area contributed by atoms with Gasteiger partial charge in [-0.15, -0.1) is 0 Å². The number of nitrogens with one attached hydrogen (secondary N) is 2. The molecule has 4 nitrogen and oxygen atoms in total. The maximum atomic E-state index is 11.4. The first-order valence-electron chi connectivity index (χ1n) is 7.23. The minimum atomic E-state index is -0.453. The third kappa shape index (κ3) is 7.93. The van der Waals surface area contributed by atoms with E-state index in [0.29, 0.717) is 6.54 Å². The molecule has 5 heteroatoms. The summed E-state index contributed by atoms with van der Waals surface area (Å²) in [7, 11) is 0. The predicted octanol–water partition coefficient (Wildman–Crippen LogP) is 3.91. The second-order valence-electron chi connectivity index (χ2n) is 6.01. The van der Waals surface area contributed by atoms with Crippen molar-refractivity contribution in [2.75, 3.05) is 13.1 Å². The van der Waals surface area contributed by atoms with Gasteiger partial charge in [0.1, 0.15) is 5.60 Å². The van der Waals surface area contributed by atoms with Gasteiger partial charge < -0.3 is 15.4 Å². The number of amides is 1. The van der Waals surface area contributed by atoms with E-state index in [-0.39, 0.29) is 12.1 Å². The molecule has 1 aromatic rings. The van der Waals surface area contributed by atoms with Gasteiger partial charge >= 0.3 is 6.09 Å². The number of halogens is 1. The zero-order valence-corrected chi connectivity index (χ0v) is 14.0. The highest BCUT2D eigenvalue weighted by atomic mass is 35.5. The molecule has 1 amide bonds. The summed E-state index contributed by atoms with van der Waals surface area (Å²) in [6.07, 6.45) is 0.477. The molecule has 0 heterocycles. The van der Waals surface area contributed by atoms with Gasteiger partial charge in [-0.3, -0.25) is 0 Å². The van der Waals surface area contributed by atoms with Crippen LogP contribution in [0.4, 0.5) is 4.79 Å². The average molecular weight is 313 g/mol. The van der Waals surface area contributed by atoms with E-state index in [0.717, 1.165) is 18.0 Å². The van der Waals surface area contributed by atoms with Crippen LogP contribution in [0, 0.1) is 0 Å². The van der Waals surface area contributed by atoms with E-state index in [1.807, 2.05) is 45.0 Å². The maximum Gasteiger partial charge on any atom is 0.407 e. The Morgan fingerprint density at radius 3 is 2.43 bits per heavy atom. The second kappa shape index (κ2) is 8.25. The van der Waals surface area contributed by atoms with Gasteiger partial charge in [0.15, 0.2) is 0 Å². The first kappa shape index (κ1) is 17.8. The standard InChI is InChI=1S/C16H25ClN2O2/c1-12(13-6-8-14(17)9-7-13)18-10-5-11-19-15(20)21-16(2,3)4/h6-9,12,18H,5,10-11H2,1-4H3,(H,19,20). The molecule has 118 valence electrons. The fourth-order valence-corrected chi connectivity index (χ4v) is 1.91. The number of rotatable bonds is 6. The molecule has 0 saturated carbocycles. The first-order chi connectivity index (χ1) is 9.78. The van der Waals surface area contributed by atoms with E-state index in [9.17, 15) is 4.79 Å². The molecular formula is C16H25ClN2O2. The van der Waals surface area contributed by atoms with Gasteiger partial charge in [-0.05, 0) is 58.4 Å². The summed E-state index contributed by atoms with van der Waals surface area (Å²) in [6, 6.07) is 8.06. The van der Waals surface area contributed by atoms with Gasteiger partial charge in [-0.25, -0.2) is 4.79 Å². The minimum absolute atomic E-state index is 0.254. The van der Waals surface area contributed by atoms with E-state index >= 15 is 0 Å². The summed E-state index contributed by atoms with van der Waals surface area (Å²) in [5, 5.41) is 6.89. The van der Waals surface area contributed by atoms with E-state index in [4.69, 9.17) is 16.3 Å². The maximum absolute atomic E-state index is 11.4. The third-order valence-electron chi connectivity index (χ3n) is 2.84. The Labute approximate surface area is 132 Å². The summed E-state index contributed by atoms with van der Waals surface area (Å²) in [4.78, 5) is 11.4. The Hall–Kier alpha value is -1.26. The number of benzene rings is 1. The number of hydrogen-bond acceptors (Lipinski definition) is 3. The Kier molecular flexibility index (Phi) is 6.99. The summed E-state index contributed by atoms with van der Waals surface area (Å²) in [5.41, 5.74) is 0.741. The SMILES string of the molecule is CC(NCCCNC(=O)OC(C)(C)C)c1ccc(Cl)cc1. The lowest BCUT2D eigenvalue weighted by Gasteiger charge is -2.20. The Bertz CT molecular complexity index is 441. The minimum Gasteiger partial charge on any atom is -0.444 e. The molecule has 1 atom stereocenters. The van der Waals surface area contributed by atoms with E-state index in [1.54, 1.807) is 0 Å². The average Bonchev–Trinajstić information content (AvgIpc) is 2.36. The third-order valence-corrected chi connectivity index (χ3v) is 3.09. The van der Waals surface area contributed by atoms with Crippen molar-refractivity contribution < 1.29 is 9.53 Å². The number of carbonyl (C=O) groups is 1. The topological polar surface area (TPSA) is 50.4 Å². The Balaban J connectivity index is 2.16. The van der Waals surface area contributed by atoms with Gasteiger partial charge in [0.05, 0.1) is 0 Å². The van der Waals surface area contributed by atoms with Crippen LogP contribution in [-0.4, -0.2) is 24.8 Å². The molecule has 0 spiro atoms. The number of alkyl carbamates (subject to hydrolysis) is 1. The molecule has 1 aromatic carbocycles. The molecule has 1 unspecified atom stereocenters. The number of hydrogen-bond donors (Lipinski definition) is 2. The molecule has 0 aliphatic rings. The van der Waals surface area contributed by atoms with E-state index in [1.165, 1.54) is 5.56 Å². The quantitative estimate of drug-likeness (QED) is 0.783. The van der Waals surface area contributed by atoms with Gasteiger partial charge in [-0.1, -0.05) is 23.7 Å². The summed E-state index contributed by atoms with van der Waals surface area (Å²) in [5.74, 6) is 0. The van der Waals surface area contributed by atoms with Crippen LogP contribution in [0.2, 0.25) is 5.02 Å². The molecule has 21 heavy (non-hydrogen) atoms. The molecule has 0 saturated heterocycles. The second-order valence-corrected chi connectivity index (χ2v) is 6.45. The summed E-state index contributed by atoms with van der Waals surface area (Å²) < 4.78 is 5.16. The molecule has 0 bridgehead atoms. The fraction of sp³-hybridized carbons (Fsp3) is 0.562. The normalized spacial score (nSPS) is 12.8. The van der Waals surface area contributed by atoms with Crippen molar-refractivity contribution >= 4 is 17.7 Å². The highest BCUT2D eigenvalue weighted by Crippen LogP contribution is 2.15. The highest BCUT2D eigenvalue weighted by molar-refractivity contribution is 6.30. The van der Waals surface area contributed by atoms with Crippen molar-refractivity contribution in [3.63, 3.8) is 0 Å². The largest absolute Gasteiger partial charge is 0.444 e. The lowest BCUT2D eigenvalue weighted by molar-refractivity contribution is 0.0527. The molecule has 0 fully saturated rings. The van der Waals surface area contributed by atoms with E-state index in [2.05, 4.69) is 17.6 Å². The van der Waals surface area contributed by atoms with Crippen LogP contribution < -0.4 is 10.6 Å². The van der Waals surface area contributed by atoms with Crippen LogP contribution in [0.25, 0.3) is 0 Å². The van der Waals surface area contributed by atoms with Crippen LogP contribution in [0.15, 0.2) is 24.3 Å². The molecule has 0 aromatic heterocycles. The monoisotopic (exact) mass is 312 g/mol. The van der Waals surface area contributed by atoms with Crippen LogP contribution in [-0.2, 0) is 4.74 Å². The lowest BCUT2D eigenvalue weighted by Crippen LogP contribution is -2.34. The summed E-state index contributed by atoms with van der Waals surface area (Å²) >= 11 is 5.86. The van der Waals surface area contributed by atoms with Crippen molar-refractivity contribution in [1.29, 1.82) is 0 Å². The van der Waals surface area contributed by atoms with Crippen LogP contribution in [0.3, 0.4) is 0 Å². The van der Waals surface area contributed by atoms with Crippen molar-refractivity contribution in [3.05, 3.63) is 34.9 Å². The highest BCUT2D eigenvalue weighted by Gasteiger charge is 2.15. The molecule has 0 radical (unpaired) electrons. The molecule has 0 aliphatic carbocycles. The van der Waals surface area contributed by atoms with Gasteiger partial charge in [0.25, 0.3) is 0 Å². The molecule has 0 aliphatic heterocycles. The van der Waals surface area contributed by atoms with Gasteiger partial charge in [0, 0.05) is 17.6 Å². The molecule has 1 rings (SSSR count). The predicted molar refractivity (Wildman–Crippen MR) is 86.7 cm³/mol. The number of ether oxygens (including phenoxy) is 1. The zero-order valence-electron chi connectivity index (χ0n) is 13.2. The Morgan fingerprint density at radius 1 is 1.24 bits per heavy atom. The van der Waals surface area contributed by atoms with Crippen molar-refractivity contribution in [1.82, 2.24) is 10.6 Å². The lowest BCUT2D eigenvalue weighted by atomic mass is 10.1. The van der Waals surface area contributed by atoms with Gasteiger partial charge in [-0.2, -0.15) is 0 Å². The van der Waals surface area contributed by atoms with E-state index < -0.39 is 5.60 Å². The van der Waals surface area contributed by atoms with Crippen LogP contribution in [0.1, 0.15) is 45.7 Å². The van der Waals surface area contributed by atoms with Crippen molar-refractivity contribution in [3.8, 4) is 0 Å². The van der Waals surface area contributed by atoms with Gasteiger partial charge in [0.2, 0.25) is 0 Å². The smallest absolute Gasteiger partial charge is 0.407 e. The first-order valence-corrected chi connectivity index (χ1v) is 7.61. The summed E-state index contributed by atoms with van der Waals surface area (Å²) in [6.45, 7) is 9.06. The number of carbonyl (C=O) groups excluding carboxylic acids is 1. The van der Waals surface area contributed by atoms with Crippen LogP contribution >= 0.6 is 11.6 Å².